The number of nitrogens with one attached hydrogen (secondary N) is 2. The Morgan fingerprint density at radius 1 is 1.30 bits per heavy atom. The molecule has 33 heavy (non-hydrogen) atoms. The van der Waals surface area contributed by atoms with Gasteiger partial charge in [0.2, 0.25) is 11.8 Å². The fourth-order valence-corrected chi connectivity index (χ4v) is 4.76. The van der Waals surface area contributed by atoms with Crippen molar-refractivity contribution < 1.29 is 23.9 Å². The molecule has 1 aromatic carbocycles. The number of esters is 1. The van der Waals surface area contributed by atoms with Gasteiger partial charge < -0.3 is 20.1 Å². The second-order valence-corrected chi connectivity index (χ2v) is 8.58. The first kappa shape index (κ1) is 24.3. The molecule has 3 rings (SSSR count). The molecule has 0 bridgehead atoms. The number of para-hydroxylation sites is 1. The third kappa shape index (κ3) is 5.71. The van der Waals surface area contributed by atoms with Crippen molar-refractivity contribution >= 4 is 46.0 Å². The largest absolute Gasteiger partial charge is 0.494 e. The van der Waals surface area contributed by atoms with Crippen LogP contribution in [-0.2, 0) is 19.1 Å². The molecule has 11 heteroatoms. The summed E-state index contributed by atoms with van der Waals surface area (Å²) in [6, 6.07) is 9.08. The van der Waals surface area contributed by atoms with Gasteiger partial charge in [-0.2, -0.15) is 5.26 Å². The summed E-state index contributed by atoms with van der Waals surface area (Å²) >= 11 is 2.28. The number of benzene rings is 1. The molecule has 9 nitrogen and oxygen atoms in total. The summed E-state index contributed by atoms with van der Waals surface area (Å²) in [5.74, 6) is -3.47. The van der Waals surface area contributed by atoms with E-state index in [0.717, 1.165) is 11.8 Å². The van der Waals surface area contributed by atoms with Crippen molar-refractivity contribution in [1.29, 1.82) is 5.26 Å². The molecule has 2 atom stereocenters. The number of thioether (sulfide) groups is 1. The number of hydrogen-bond acceptors (Lipinski definition) is 9. The van der Waals surface area contributed by atoms with Gasteiger partial charge in [0.25, 0.3) is 0 Å². The van der Waals surface area contributed by atoms with Crippen LogP contribution >= 0.6 is 23.1 Å². The summed E-state index contributed by atoms with van der Waals surface area (Å²) in [7, 11) is 0. The molecule has 0 aliphatic carbocycles. The van der Waals surface area contributed by atoms with Crippen molar-refractivity contribution in [2.75, 3.05) is 24.3 Å². The highest BCUT2D eigenvalue weighted by atomic mass is 32.2. The lowest BCUT2D eigenvalue weighted by Gasteiger charge is -2.31. The molecule has 0 spiro atoms. The Balaban J connectivity index is 1.98. The molecule has 0 unspecified atom stereocenters. The van der Waals surface area contributed by atoms with Crippen LogP contribution in [0.3, 0.4) is 0 Å². The normalized spacial score (nSPS) is 17.7. The first-order valence-corrected chi connectivity index (χ1v) is 12.0. The number of anilines is 1. The zero-order chi connectivity index (χ0) is 23.8. The zero-order valence-electron chi connectivity index (χ0n) is 18.0. The Hall–Kier alpha value is -3.36. The number of aromatic nitrogens is 1. The third-order valence-corrected chi connectivity index (χ3v) is 6.36. The van der Waals surface area contributed by atoms with Gasteiger partial charge in [0.05, 0.1) is 35.6 Å². The number of allylic oxidation sites excluding steroid dienone is 1. The first-order valence-electron chi connectivity index (χ1n) is 10.2. The van der Waals surface area contributed by atoms with Crippen molar-refractivity contribution in [1.82, 2.24) is 10.3 Å². The molecule has 1 aromatic heterocycles. The van der Waals surface area contributed by atoms with E-state index in [1.54, 1.807) is 42.8 Å². The highest BCUT2D eigenvalue weighted by molar-refractivity contribution is 8.03. The van der Waals surface area contributed by atoms with Gasteiger partial charge in [-0.15, -0.1) is 11.3 Å². The van der Waals surface area contributed by atoms with E-state index < -0.39 is 23.7 Å². The molecule has 0 fully saturated rings. The van der Waals surface area contributed by atoms with Gasteiger partial charge in [-0.05, 0) is 19.9 Å². The second kappa shape index (κ2) is 11.5. The van der Waals surface area contributed by atoms with Gasteiger partial charge >= 0.3 is 5.97 Å². The SMILES string of the molecule is CCOC(=O)[C@@H]1C(=O)NC(SCC(=O)Nc2nccs2)=C(C#N)[C@@H]1c1ccccc1OCC. The number of ether oxygens (including phenoxy) is 2. The van der Waals surface area contributed by atoms with Crippen molar-refractivity contribution in [2.45, 2.75) is 19.8 Å². The fraction of sp³-hybridized carbons (Fsp3) is 0.318. The number of hydrogen-bond donors (Lipinski definition) is 2. The Morgan fingerprint density at radius 3 is 2.76 bits per heavy atom. The predicted octanol–water partition coefficient (Wildman–Crippen LogP) is 3.04. The van der Waals surface area contributed by atoms with E-state index >= 15 is 0 Å². The Morgan fingerprint density at radius 2 is 2.09 bits per heavy atom. The lowest BCUT2D eigenvalue weighted by atomic mass is 9.78. The van der Waals surface area contributed by atoms with Gasteiger partial charge in [0, 0.05) is 23.1 Å². The summed E-state index contributed by atoms with van der Waals surface area (Å²) in [6.07, 6.45) is 1.57. The summed E-state index contributed by atoms with van der Waals surface area (Å²) in [5, 5.41) is 17.7. The summed E-state index contributed by atoms with van der Waals surface area (Å²) in [6.45, 7) is 3.92. The molecule has 172 valence electrons. The van der Waals surface area contributed by atoms with Crippen LogP contribution in [0.1, 0.15) is 25.3 Å². The zero-order valence-corrected chi connectivity index (χ0v) is 19.6. The standard InChI is InChI=1S/C22H22N4O5S2/c1-3-30-15-8-6-5-7-13(15)17-14(11-23)20(26-19(28)18(17)21(29)31-4-2)33-12-16(27)25-22-24-9-10-32-22/h5-10,17-18H,3-4,12H2,1-2H3,(H,26,28)(H,24,25,27)/t17-,18-/m0/s1. The molecule has 2 N–H and O–H groups in total. The lowest BCUT2D eigenvalue weighted by molar-refractivity contribution is -0.152. The minimum absolute atomic E-state index is 0.0652. The molecule has 0 saturated carbocycles. The summed E-state index contributed by atoms with van der Waals surface area (Å²) < 4.78 is 10.8. The molecule has 0 radical (unpaired) electrons. The topological polar surface area (TPSA) is 130 Å². The molecule has 1 aliphatic heterocycles. The number of thiazole rings is 1. The predicted molar refractivity (Wildman–Crippen MR) is 124 cm³/mol. The van der Waals surface area contributed by atoms with Crippen LogP contribution in [0.15, 0.2) is 46.4 Å². The number of nitriles is 1. The van der Waals surface area contributed by atoms with Gasteiger partial charge in [-0.25, -0.2) is 4.98 Å². The molecule has 2 amide bonds. The smallest absolute Gasteiger partial charge is 0.319 e. The van der Waals surface area contributed by atoms with E-state index in [-0.39, 0.29) is 28.9 Å². The minimum Gasteiger partial charge on any atom is -0.494 e. The van der Waals surface area contributed by atoms with Gasteiger partial charge in [-0.3, -0.25) is 14.4 Å². The lowest BCUT2D eigenvalue weighted by Crippen LogP contribution is -2.44. The van der Waals surface area contributed by atoms with Crippen LogP contribution in [0.25, 0.3) is 0 Å². The molecular weight excluding hydrogens is 464 g/mol. The number of rotatable bonds is 9. The minimum atomic E-state index is -1.27. The Kier molecular flexibility index (Phi) is 8.46. The van der Waals surface area contributed by atoms with Crippen molar-refractivity contribution in [3.63, 3.8) is 0 Å². The molecule has 2 heterocycles. The fourth-order valence-electron chi connectivity index (χ4n) is 3.36. The van der Waals surface area contributed by atoms with Crippen LogP contribution in [0.4, 0.5) is 5.13 Å². The van der Waals surface area contributed by atoms with E-state index in [2.05, 4.69) is 21.7 Å². The monoisotopic (exact) mass is 486 g/mol. The number of carbonyl (C=O) groups excluding carboxylic acids is 3. The van der Waals surface area contributed by atoms with E-state index in [1.807, 2.05) is 6.92 Å². The number of amides is 2. The third-order valence-electron chi connectivity index (χ3n) is 4.65. The maximum atomic E-state index is 13.0. The van der Waals surface area contributed by atoms with Gasteiger partial charge in [-0.1, -0.05) is 30.0 Å². The maximum Gasteiger partial charge on any atom is 0.319 e. The van der Waals surface area contributed by atoms with Crippen molar-refractivity contribution in [2.24, 2.45) is 5.92 Å². The van der Waals surface area contributed by atoms with Gasteiger partial charge in [0.1, 0.15) is 11.7 Å². The molecule has 1 aliphatic rings. The van der Waals surface area contributed by atoms with Crippen LogP contribution in [0, 0.1) is 17.2 Å². The second-order valence-electron chi connectivity index (χ2n) is 6.70. The van der Waals surface area contributed by atoms with Crippen molar-refractivity contribution in [3.05, 3.63) is 52.0 Å². The highest BCUT2D eigenvalue weighted by Crippen LogP contribution is 2.43. The van der Waals surface area contributed by atoms with Crippen molar-refractivity contribution in [3.8, 4) is 11.8 Å². The van der Waals surface area contributed by atoms with E-state index in [1.165, 1.54) is 11.3 Å². The van der Waals surface area contributed by atoms with Crippen LogP contribution < -0.4 is 15.4 Å². The Bertz CT molecular complexity index is 1090. The van der Waals surface area contributed by atoms with Gasteiger partial charge in [0.15, 0.2) is 5.13 Å². The number of carbonyl (C=O) groups is 3. The average Bonchev–Trinajstić information content (AvgIpc) is 3.31. The van der Waals surface area contributed by atoms with Crippen LogP contribution in [0.2, 0.25) is 0 Å². The van der Waals surface area contributed by atoms with E-state index in [0.29, 0.717) is 23.1 Å². The molecule has 0 saturated heterocycles. The maximum absolute atomic E-state index is 13.0. The summed E-state index contributed by atoms with van der Waals surface area (Å²) in [4.78, 5) is 42.1. The molecule has 2 aromatic rings. The Labute approximate surface area is 199 Å². The first-order chi connectivity index (χ1) is 16.0. The average molecular weight is 487 g/mol. The van der Waals surface area contributed by atoms with E-state index in [9.17, 15) is 19.6 Å². The molecular formula is C22H22N4O5S2. The summed E-state index contributed by atoms with van der Waals surface area (Å²) in [5.41, 5.74) is 0.681. The van der Waals surface area contributed by atoms with Crippen LogP contribution in [0.5, 0.6) is 5.75 Å². The quantitative estimate of drug-likeness (QED) is 0.409. The van der Waals surface area contributed by atoms with Crippen LogP contribution in [-0.4, -0.2) is 41.7 Å². The highest BCUT2D eigenvalue weighted by Gasteiger charge is 2.45. The van der Waals surface area contributed by atoms with E-state index in [4.69, 9.17) is 9.47 Å². The number of nitrogens with zero attached hydrogens (tertiary/aromatic N) is 2.